The van der Waals surface area contributed by atoms with Gasteiger partial charge in [0.25, 0.3) is 0 Å². The molecule has 0 radical (unpaired) electrons. The molecule has 0 heterocycles. The topological polar surface area (TPSA) is 48.8 Å². The predicted molar refractivity (Wildman–Crippen MR) is 38.1 cm³/mol. The van der Waals surface area contributed by atoms with Crippen molar-refractivity contribution < 1.29 is 0 Å². The molecule has 0 aliphatic rings. The number of azide groups is 1. The Bertz CT molecular complexity index is 101. The van der Waals surface area contributed by atoms with E-state index in [1.165, 1.54) is 0 Å². The van der Waals surface area contributed by atoms with Gasteiger partial charge in [0, 0.05) is 11.5 Å². The van der Waals surface area contributed by atoms with Crippen LogP contribution < -0.4 is 0 Å². The van der Waals surface area contributed by atoms with Crippen molar-refractivity contribution >= 4 is 0 Å². The van der Waals surface area contributed by atoms with Crippen molar-refractivity contribution in [2.45, 2.75) is 26.7 Å². The lowest BCUT2D eigenvalue weighted by atomic mass is 10.0. The number of nitrogens with zero attached hydrogens (tertiary/aromatic N) is 3. The van der Waals surface area contributed by atoms with Crippen LogP contribution in [0.4, 0.5) is 0 Å². The summed E-state index contributed by atoms with van der Waals surface area (Å²) in [5, 5.41) is 3.49. The van der Waals surface area contributed by atoms with Crippen molar-refractivity contribution in [2.75, 3.05) is 6.54 Å². The predicted octanol–water partition coefficient (Wildman–Crippen LogP) is 2.73. The van der Waals surface area contributed by atoms with Crippen LogP contribution in [0.15, 0.2) is 5.11 Å². The van der Waals surface area contributed by atoms with Crippen LogP contribution in [0.25, 0.3) is 10.4 Å². The SMILES string of the molecule is CCC(CC)CN=[N+]=[N-]. The Balaban J connectivity index is 3.42. The van der Waals surface area contributed by atoms with E-state index in [-0.39, 0.29) is 0 Å². The van der Waals surface area contributed by atoms with Crippen molar-refractivity contribution in [3.8, 4) is 0 Å². The van der Waals surface area contributed by atoms with Gasteiger partial charge in [-0.15, -0.1) is 0 Å². The third-order valence-corrected chi connectivity index (χ3v) is 1.56. The minimum absolute atomic E-state index is 0.584. The van der Waals surface area contributed by atoms with E-state index >= 15 is 0 Å². The van der Waals surface area contributed by atoms with Gasteiger partial charge in [0.1, 0.15) is 0 Å². The Hall–Kier alpha value is -0.690. The molecule has 0 fully saturated rings. The lowest BCUT2D eigenvalue weighted by Gasteiger charge is -2.05. The quantitative estimate of drug-likeness (QED) is 0.317. The van der Waals surface area contributed by atoms with Gasteiger partial charge in [-0.05, 0) is 11.4 Å². The summed E-state index contributed by atoms with van der Waals surface area (Å²) in [6, 6.07) is 0. The Morgan fingerprint density at radius 2 is 2.00 bits per heavy atom. The maximum absolute atomic E-state index is 7.96. The maximum Gasteiger partial charge on any atom is 0.0286 e. The zero-order chi connectivity index (χ0) is 7.11. The van der Waals surface area contributed by atoms with Gasteiger partial charge in [0.2, 0.25) is 0 Å². The molecule has 0 bridgehead atoms. The normalized spacial score (nSPS) is 9.22. The van der Waals surface area contributed by atoms with Gasteiger partial charge in [0.05, 0.1) is 0 Å². The van der Waals surface area contributed by atoms with Crippen molar-refractivity contribution in [1.82, 2.24) is 0 Å². The molecule has 0 rings (SSSR count). The number of hydrogen-bond donors (Lipinski definition) is 0. The lowest BCUT2D eigenvalue weighted by molar-refractivity contribution is 0.504. The molecule has 3 nitrogen and oxygen atoms in total. The molecule has 0 spiro atoms. The average molecular weight is 127 g/mol. The zero-order valence-electron chi connectivity index (χ0n) is 6.04. The Kier molecular flexibility index (Phi) is 5.03. The Morgan fingerprint density at radius 3 is 2.33 bits per heavy atom. The van der Waals surface area contributed by atoms with E-state index in [0.717, 1.165) is 12.8 Å². The van der Waals surface area contributed by atoms with Gasteiger partial charge < -0.3 is 0 Å². The second-order valence-corrected chi connectivity index (χ2v) is 2.10. The minimum atomic E-state index is 0.584. The van der Waals surface area contributed by atoms with E-state index in [4.69, 9.17) is 5.53 Å². The summed E-state index contributed by atoms with van der Waals surface area (Å²) in [5.41, 5.74) is 7.96. The van der Waals surface area contributed by atoms with E-state index in [1.54, 1.807) is 0 Å². The van der Waals surface area contributed by atoms with Gasteiger partial charge in [-0.1, -0.05) is 31.8 Å². The molecular formula is C6H13N3. The second kappa shape index (κ2) is 5.45. The first-order valence-corrected chi connectivity index (χ1v) is 3.36. The van der Waals surface area contributed by atoms with Crippen molar-refractivity contribution in [3.63, 3.8) is 0 Å². The maximum atomic E-state index is 7.96. The van der Waals surface area contributed by atoms with E-state index in [2.05, 4.69) is 23.9 Å². The molecule has 3 heteroatoms. The fraction of sp³-hybridized carbons (Fsp3) is 1.00. The van der Waals surface area contributed by atoms with E-state index in [1.807, 2.05) is 0 Å². The Morgan fingerprint density at radius 1 is 1.44 bits per heavy atom. The monoisotopic (exact) mass is 127 g/mol. The summed E-state index contributed by atoms with van der Waals surface area (Å²) in [4.78, 5) is 2.70. The standard InChI is InChI=1S/C6H13N3/c1-3-6(4-2)5-8-9-7/h6H,3-5H2,1-2H3. The largest absolute Gasteiger partial charge is 0.0937 e. The van der Waals surface area contributed by atoms with E-state index < -0.39 is 0 Å². The van der Waals surface area contributed by atoms with Crippen LogP contribution in [0, 0.1) is 5.92 Å². The third kappa shape index (κ3) is 3.86. The molecule has 0 aliphatic heterocycles. The molecule has 0 aliphatic carbocycles. The van der Waals surface area contributed by atoms with Crippen LogP contribution in [-0.4, -0.2) is 6.54 Å². The van der Waals surface area contributed by atoms with Gasteiger partial charge >= 0.3 is 0 Å². The highest BCUT2D eigenvalue weighted by molar-refractivity contribution is 4.57. The van der Waals surface area contributed by atoms with Crippen LogP contribution >= 0.6 is 0 Å². The first kappa shape index (κ1) is 8.31. The summed E-state index contributed by atoms with van der Waals surface area (Å²) >= 11 is 0. The summed E-state index contributed by atoms with van der Waals surface area (Å²) in [7, 11) is 0. The fourth-order valence-corrected chi connectivity index (χ4v) is 0.699. The summed E-state index contributed by atoms with van der Waals surface area (Å²) in [6.45, 7) is 4.88. The fourth-order valence-electron chi connectivity index (χ4n) is 0.699. The van der Waals surface area contributed by atoms with Crippen molar-refractivity contribution in [3.05, 3.63) is 10.4 Å². The van der Waals surface area contributed by atoms with Crippen LogP contribution in [0.3, 0.4) is 0 Å². The van der Waals surface area contributed by atoms with Gasteiger partial charge in [-0.25, -0.2) is 0 Å². The molecular weight excluding hydrogens is 114 g/mol. The molecule has 0 unspecified atom stereocenters. The van der Waals surface area contributed by atoms with Crippen LogP contribution in [0.1, 0.15) is 26.7 Å². The highest BCUT2D eigenvalue weighted by Gasteiger charge is 1.98. The molecule has 0 N–H and O–H groups in total. The van der Waals surface area contributed by atoms with Gasteiger partial charge in [-0.2, -0.15) is 0 Å². The molecule has 0 amide bonds. The molecule has 0 aromatic carbocycles. The van der Waals surface area contributed by atoms with Crippen molar-refractivity contribution in [1.29, 1.82) is 0 Å². The molecule has 52 valence electrons. The molecule has 0 saturated heterocycles. The summed E-state index contributed by atoms with van der Waals surface area (Å²) in [5.74, 6) is 0.584. The molecule has 0 aromatic heterocycles. The van der Waals surface area contributed by atoms with Crippen LogP contribution in [0.5, 0.6) is 0 Å². The van der Waals surface area contributed by atoms with Crippen LogP contribution in [-0.2, 0) is 0 Å². The first-order chi connectivity index (χ1) is 4.35. The third-order valence-electron chi connectivity index (χ3n) is 1.56. The minimum Gasteiger partial charge on any atom is -0.0937 e. The van der Waals surface area contributed by atoms with Crippen molar-refractivity contribution in [2.24, 2.45) is 11.0 Å². The van der Waals surface area contributed by atoms with E-state index in [0.29, 0.717) is 12.5 Å². The molecule has 9 heavy (non-hydrogen) atoms. The second-order valence-electron chi connectivity index (χ2n) is 2.10. The Labute approximate surface area is 55.7 Å². The highest BCUT2D eigenvalue weighted by atomic mass is 15.1. The lowest BCUT2D eigenvalue weighted by Crippen LogP contribution is -1.99. The number of rotatable bonds is 4. The smallest absolute Gasteiger partial charge is 0.0286 e. The highest BCUT2D eigenvalue weighted by Crippen LogP contribution is 2.06. The molecule has 0 saturated carbocycles. The number of hydrogen-bond acceptors (Lipinski definition) is 1. The summed E-state index contributed by atoms with van der Waals surface area (Å²) in [6.07, 6.45) is 2.21. The molecule has 0 atom stereocenters. The van der Waals surface area contributed by atoms with Gasteiger partial charge in [0.15, 0.2) is 0 Å². The molecule has 0 aromatic rings. The van der Waals surface area contributed by atoms with Crippen LogP contribution in [0.2, 0.25) is 0 Å². The van der Waals surface area contributed by atoms with E-state index in [9.17, 15) is 0 Å². The summed E-state index contributed by atoms with van der Waals surface area (Å²) < 4.78 is 0. The van der Waals surface area contributed by atoms with Gasteiger partial charge in [-0.3, -0.25) is 0 Å². The average Bonchev–Trinajstić information content (AvgIpc) is 1.91. The zero-order valence-corrected chi connectivity index (χ0v) is 6.04. The first-order valence-electron chi connectivity index (χ1n) is 3.36.